The van der Waals surface area contributed by atoms with E-state index in [-0.39, 0.29) is 30.0 Å². The number of nitrogens with zero attached hydrogens (tertiary/aromatic N) is 2. The predicted octanol–water partition coefficient (Wildman–Crippen LogP) is 1.78. The van der Waals surface area contributed by atoms with Crippen molar-refractivity contribution in [2.24, 2.45) is 0 Å². The van der Waals surface area contributed by atoms with Gasteiger partial charge in [-0.3, -0.25) is 9.69 Å². The van der Waals surface area contributed by atoms with Crippen LogP contribution in [-0.2, 0) is 21.2 Å². The van der Waals surface area contributed by atoms with Crippen LogP contribution in [0.5, 0.6) is 0 Å². The van der Waals surface area contributed by atoms with Crippen LogP contribution in [0.3, 0.4) is 0 Å². The SMILES string of the molecule is N#Cc1ccc(NC(=O)CN(Cc2ccco2)C2CCS(=O)(=O)C2)cc1. The van der Waals surface area contributed by atoms with E-state index in [0.29, 0.717) is 30.0 Å². The fourth-order valence-corrected chi connectivity index (χ4v) is 4.75. The van der Waals surface area contributed by atoms with Gasteiger partial charge in [-0.2, -0.15) is 5.26 Å². The number of carbonyl (C=O) groups is 1. The number of anilines is 1. The minimum atomic E-state index is -3.06. The first-order valence-electron chi connectivity index (χ1n) is 8.22. The molecule has 0 radical (unpaired) electrons. The Balaban J connectivity index is 1.67. The number of nitrogens with one attached hydrogen (secondary N) is 1. The lowest BCUT2D eigenvalue weighted by Crippen LogP contribution is -2.41. The fraction of sp³-hybridized carbons (Fsp3) is 0.333. The highest BCUT2D eigenvalue weighted by molar-refractivity contribution is 7.91. The molecule has 1 aliphatic rings. The second-order valence-corrected chi connectivity index (χ2v) is 8.51. The molecular weight excluding hydrogens is 354 g/mol. The molecule has 1 aliphatic heterocycles. The molecule has 1 saturated heterocycles. The van der Waals surface area contributed by atoms with Gasteiger partial charge in [0, 0.05) is 11.7 Å². The van der Waals surface area contributed by atoms with Gasteiger partial charge in [0.15, 0.2) is 9.84 Å². The van der Waals surface area contributed by atoms with Crippen molar-refractivity contribution in [3.05, 3.63) is 54.0 Å². The zero-order valence-electron chi connectivity index (χ0n) is 14.1. The van der Waals surface area contributed by atoms with Crippen molar-refractivity contribution in [3.8, 4) is 6.07 Å². The van der Waals surface area contributed by atoms with E-state index in [2.05, 4.69) is 5.32 Å². The molecule has 26 heavy (non-hydrogen) atoms. The van der Waals surface area contributed by atoms with Crippen molar-refractivity contribution in [1.82, 2.24) is 4.90 Å². The van der Waals surface area contributed by atoms with Gasteiger partial charge < -0.3 is 9.73 Å². The lowest BCUT2D eigenvalue weighted by molar-refractivity contribution is -0.118. The van der Waals surface area contributed by atoms with E-state index in [1.54, 1.807) is 42.7 Å². The topological polar surface area (TPSA) is 103 Å². The first-order valence-corrected chi connectivity index (χ1v) is 10.0. The van der Waals surface area contributed by atoms with Crippen LogP contribution < -0.4 is 5.32 Å². The van der Waals surface area contributed by atoms with Crippen LogP contribution in [0.2, 0.25) is 0 Å². The van der Waals surface area contributed by atoms with Crippen molar-refractivity contribution in [1.29, 1.82) is 5.26 Å². The maximum Gasteiger partial charge on any atom is 0.238 e. The fourth-order valence-electron chi connectivity index (χ4n) is 2.99. The summed E-state index contributed by atoms with van der Waals surface area (Å²) < 4.78 is 29.0. The number of hydrogen-bond acceptors (Lipinski definition) is 6. The summed E-state index contributed by atoms with van der Waals surface area (Å²) in [6.45, 7) is 0.425. The van der Waals surface area contributed by atoms with Crippen molar-refractivity contribution in [2.75, 3.05) is 23.4 Å². The molecule has 8 heteroatoms. The van der Waals surface area contributed by atoms with Crippen LogP contribution in [0.25, 0.3) is 0 Å². The lowest BCUT2D eigenvalue weighted by atomic mass is 10.2. The average molecular weight is 373 g/mol. The summed E-state index contributed by atoms with van der Waals surface area (Å²) in [7, 11) is -3.06. The Hall–Kier alpha value is -2.63. The molecule has 2 aromatic rings. The molecular formula is C18H19N3O4S. The number of rotatable bonds is 6. The van der Waals surface area contributed by atoms with Crippen LogP contribution in [0.15, 0.2) is 47.1 Å². The second kappa shape index (κ2) is 7.72. The Bertz CT molecular complexity index is 899. The number of carbonyl (C=O) groups excluding carboxylic acids is 1. The number of amides is 1. The molecule has 136 valence electrons. The highest BCUT2D eigenvalue weighted by Gasteiger charge is 2.33. The summed E-state index contributed by atoms with van der Waals surface area (Å²) in [6, 6.07) is 11.9. The summed E-state index contributed by atoms with van der Waals surface area (Å²) >= 11 is 0. The largest absolute Gasteiger partial charge is 0.468 e. The summed E-state index contributed by atoms with van der Waals surface area (Å²) in [5, 5.41) is 11.6. The lowest BCUT2D eigenvalue weighted by Gasteiger charge is -2.26. The molecule has 1 fully saturated rings. The van der Waals surface area contributed by atoms with E-state index >= 15 is 0 Å². The summed E-state index contributed by atoms with van der Waals surface area (Å²) in [4.78, 5) is 14.3. The molecule has 3 rings (SSSR count). The summed E-state index contributed by atoms with van der Waals surface area (Å²) in [5.74, 6) is 0.632. The van der Waals surface area contributed by atoms with Gasteiger partial charge in [-0.1, -0.05) is 0 Å². The maximum atomic E-state index is 12.4. The molecule has 2 heterocycles. The first-order chi connectivity index (χ1) is 12.4. The third-order valence-corrected chi connectivity index (χ3v) is 6.06. The molecule has 0 saturated carbocycles. The van der Waals surface area contributed by atoms with Gasteiger partial charge in [0.05, 0.1) is 42.5 Å². The molecule has 1 aromatic carbocycles. The van der Waals surface area contributed by atoms with Gasteiger partial charge in [0.2, 0.25) is 5.91 Å². The van der Waals surface area contributed by atoms with E-state index in [4.69, 9.17) is 9.68 Å². The number of sulfone groups is 1. The first kappa shape index (κ1) is 18.2. The van der Waals surface area contributed by atoms with Gasteiger partial charge in [0.25, 0.3) is 0 Å². The van der Waals surface area contributed by atoms with Crippen LogP contribution in [0.1, 0.15) is 17.7 Å². The quantitative estimate of drug-likeness (QED) is 0.828. The number of nitriles is 1. The number of hydrogen-bond donors (Lipinski definition) is 1. The molecule has 0 spiro atoms. The third-order valence-electron chi connectivity index (χ3n) is 4.31. The highest BCUT2D eigenvalue weighted by atomic mass is 32.2. The monoisotopic (exact) mass is 373 g/mol. The smallest absolute Gasteiger partial charge is 0.238 e. The van der Waals surface area contributed by atoms with Crippen molar-refractivity contribution < 1.29 is 17.6 Å². The normalized spacial score (nSPS) is 18.5. The minimum absolute atomic E-state index is 0.0534. The molecule has 1 atom stereocenters. The minimum Gasteiger partial charge on any atom is -0.468 e. The third kappa shape index (κ3) is 4.71. The summed E-state index contributed by atoms with van der Waals surface area (Å²) in [6.07, 6.45) is 2.06. The Morgan fingerprint density at radius 3 is 2.65 bits per heavy atom. The van der Waals surface area contributed by atoms with Crippen LogP contribution in [0, 0.1) is 11.3 Å². The van der Waals surface area contributed by atoms with E-state index in [1.165, 1.54) is 0 Å². The second-order valence-electron chi connectivity index (χ2n) is 6.28. The van der Waals surface area contributed by atoms with E-state index in [1.807, 2.05) is 11.0 Å². The van der Waals surface area contributed by atoms with E-state index in [9.17, 15) is 13.2 Å². The van der Waals surface area contributed by atoms with Crippen molar-refractivity contribution >= 4 is 21.4 Å². The maximum absolute atomic E-state index is 12.4. The Morgan fingerprint density at radius 1 is 1.31 bits per heavy atom. The Morgan fingerprint density at radius 2 is 2.08 bits per heavy atom. The van der Waals surface area contributed by atoms with Crippen LogP contribution in [-0.4, -0.2) is 43.3 Å². The predicted molar refractivity (Wildman–Crippen MR) is 96.0 cm³/mol. The zero-order valence-corrected chi connectivity index (χ0v) is 14.9. The highest BCUT2D eigenvalue weighted by Crippen LogP contribution is 2.20. The van der Waals surface area contributed by atoms with Gasteiger partial charge in [0.1, 0.15) is 5.76 Å². The van der Waals surface area contributed by atoms with Crippen LogP contribution >= 0.6 is 0 Å². The zero-order chi connectivity index (χ0) is 18.6. The van der Waals surface area contributed by atoms with Gasteiger partial charge >= 0.3 is 0 Å². The molecule has 0 bridgehead atoms. The number of benzene rings is 1. The van der Waals surface area contributed by atoms with Gasteiger partial charge in [-0.05, 0) is 42.8 Å². The van der Waals surface area contributed by atoms with Crippen LogP contribution in [0.4, 0.5) is 5.69 Å². The molecule has 1 unspecified atom stereocenters. The summed E-state index contributed by atoms with van der Waals surface area (Å²) in [5.41, 5.74) is 1.10. The standard InChI is InChI=1S/C18H19N3O4S/c19-10-14-3-5-15(6-4-14)20-18(22)12-21(11-17-2-1-8-25-17)16-7-9-26(23,24)13-16/h1-6,8,16H,7,9,11-13H2,(H,20,22). The van der Waals surface area contributed by atoms with Gasteiger partial charge in [-0.15, -0.1) is 0 Å². The van der Waals surface area contributed by atoms with Crippen molar-refractivity contribution in [3.63, 3.8) is 0 Å². The molecule has 1 N–H and O–H groups in total. The van der Waals surface area contributed by atoms with Crippen molar-refractivity contribution in [2.45, 2.75) is 19.0 Å². The average Bonchev–Trinajstić information content (AvgIpc) is 3.24. The molecule has 7 nitrogen and oxygen atoms in total. The van der Waals surface area contributed by atoms with E-state index < -0.39 is 9.84 Å². The van der Waals surface area contributed by atoms with E-state index in [0.717, 1.165) is 0 Å². The number of furan rings is 1. The Labute approximate surface area is 152 Å². The molecule has 0 aliphatic carbocycles. The Kier molecular flexibility index (Phi) is 5.40. The van der Waals surface area contributed by atoms with Gasteiger partial charge in [-0.25, -0.2) is 8.42 Å². The molecule has 1 amide bonds. The molecule has 1 aromatic heterocycles.